The molecule has 1 aromatic rings. The van der Waals surface area contributed by atoms with Crippen molar-refractivity contribution in [3.05, 3.63) is 11.1 Å². The highest BCUT2D eigenvalue weighted by Crippen LogP contribution is 2.02. The molecular formula is C7H10ClN3OS. The molecule has 1 rings (SSSR count). The normalized spacial score (nSPS) is 12.5. The van der Waals surface area contributed by atoms with Gasteiger partial charge in [-0.05, 0) is 17.5 Å². The molecular weight excluding hydrogens is 210 g/mol. The molecule has 0 radical (unpaired) electrons. The average Bonchev–Trinajstić information content (AvgIpc) is 2.66. The summed E-state index contributed by atoms with van der Waals surface area (Å²) in [5, 5.41) is 6.31. The number of nitrogens with one attached hydrogen (secondary N) is 1. The number of hydrogen-bond acceptors (Lipinski definition) is 4. The van der Waals surface area contributed by atoms with Gasteiger partial charge in [0.1, 0.15) is 4.88 Å². The summed E-state index contributed by atoms with van der Waals surface area (Å²) in [6, 6.07) is 0. The first-order valence-corrected chi connectivity index (χ1v) is 5.16. The first-order valence-electron chi connectivity index (χ1n) is 3.85. The maximum atomic E-state index is 11.3. The van der Waals surface area contributed by atoms with Gasteiger partial charge < -0.3 is 5.32 Å². The van der Waals surface area contributed by atoms with Crippen molar-refractivity contribution in [3.63, 3.8) is 0 Å². The van der Waals surface area contributed by atoms with Crippen molar-refractivity contribution in [1.82, 2.24) is 14.9 Å². The second-order valence-electron chi connectivity index (χ2n) is 2.75. The van der Waals surface area contributed by atoms with Crippen molar-refractivity contribution in [3.8, 4) is 0 Å². The number of carbonyl (C=O) groups excluding carboxylic acids is 1. The van der Waals surface area contributed by atoms with Gasteiger partial charge in [-0.2, -0.15) is 0 Å². The van der Waals surface area contributed by atoms with Crippen molar-refractivity contribution in [1.29, 1.82) is 0 Å². The van der Waals surface area contributed by atoms with Gasteiger partial charge in [0, 0.05) is 12.4 Å². The minimum Gasteiger partial charge on any atom is -0.351 e. The molecule has 1 atom stereocenters. The van der Waals surface area contributed by atoms with Crippen LogP contribution in [0.25, 0.3) is 0 Å². The van der Waals surface area contributed by atoms with E-state index in [1.165, 1.54) is 6.20 Å². The number of amides is 1. The first kappa shape index (κ1) is 10.4. The van der Waals surface area contributed by atoms with Gasteiger partial charge in [-0.15, -0.1) is 16.7 Å². The van der Waals surface area contributed by atoms with Crippen LogP contribution in [0.4, 0.5) is 0 Å². The Morgan fingerprint density at radius 1 is 1.85 bits per heavy atom. The molecule has 0 aromatic carbocycles. The van der Waals surface area contributed by atoms with E-state index >= 15 is 0 Å². The molecule has 1 unspecified atom stereocenters. The van der Waals surface area contributed by atoms with Gasteiger partial charge in [0.05, 0.1) is 6.20 Å². The van der Waals surface area contributed by atoms with Gasteiger partial charge in [-0.25, -0.2) is 0 Å². The van der Waals surface area contributed by atoms with Crippen molar-refractivity contribution in [2.75, 3.05) is 12.4 Å². The fraction of sp³-hybridized carbons (Fsp3) is 0.571. The smallest absolute Gasteiger partial charge is 0.264 e. The van der Waals surface area contributed by atoms with Crippen LogP contribution in [0.1, 0.15) is 16.6 Å². The molecule has 0 saturated carbocycles. The Morgan fingerprint density at radius 3 is 3.15 bits per heavy atom. The third kappa shape index (κ3) is 3.28. The van der Waals surface area contributed by atoms with E-state index in [-0.39, 0.29) is 11.8 Å². The SMILES string of the molecule is CC(CCl)CNC(=O)c1cnns1. The quantitative estimate of drug-likeness (QED) is 0.773. The highest BCUT2D eigenvalue weighted by atomic mass is 35.5. The second-order valence-corrected chi connectivity index (χ2v) is 3.85. The minimum absolute atomic E-state index is 0.132. The summed E-state index contributed by atoms with van der Waals surface area (Å²) < 4.78 is 3.60. The average molecular weight is 220 g/mol. The van der Waals surface area contributed by atoms with Crippen LogP contribution in [-0.4, -0.2) is 27.9 Å². The number of aromatic nitrogens is 2. The molecule has 0 bridgehead atoms. The van der Waals surface area contributed by atoms with Crippen LogP contribution in [0.3, 0.4) is 0 Å². The largest absolute Gasteiger partial charge is 0.351 e. The Kier molecular flexibility index (Phi) is 4.11. The molecule has 0 aliphatic heterocycles. The molecule has 72 valence electrons. The topological polar surface area (TPSA) is 54.9 Å². The van der Waals surface area contributed by atoms with E-state index in [4.69, 9.17) is 11.6 Å². The van der Waals surface area contributed by atoms with Gasteiger partial charge >= 0.3 is 0 Å². The molecule has 1 heterocycles. The fourth-order valence-corrected chi connectivity index (χ4v) is 1.22. The number of nitrogens with zero attached hydrogens (tertiary/aromatic N) is 2. The van der Waals surface area contributed by atoms with E-state index in [0.29, 0.717) is 17.3 Å². The van der Waals surface area contributed by atoms with Gasteiger partial charge in [-0.1, -0.05) is 11.4 Å². The Morgan fingerprint density at radius 2 is 2.62 bits per heavy atom. The summed E-state index contributed by atoms with van der Waals surface area (Å²) in [7, 11) is 0. The van der Waals surface area contributed by atoms with Gasteiger partial charge in [0.15, 0.2) is 0 Å². The lowest BCUT2D eigenvalue weighted by Crippen LogP contribution is -2.28. The first-order chi connectivity index (χ1) is 6.24. The summed E-state index contributed by atoms with van der Waals surface area (Å²) in [5.74, 6) is 0.694. The van der Waals surface area contributed by atoms with Crippen molar-refractivity contribution in [2.24, 2.45) is 5.92 Å². The molecule has 1 aromatic heterocycles. The van der Waals surface area contributed by atoms with Crippen LogP contribution < -0.4 is 5.32 Å². The molecule has 1 amide bonds. The molecule has 6 heteroatoms. The van der Waals surface area contributed by atoms with E-state index in [2.05, 4.69) is 14.9 Å². The summed E-state index contributed by atoms with van der Waals surface area (Å²) >= 11 is 6.67. The molecule has 13 heavy (non-hydrogen) atoms. The van der Waals surface area contributed by atoms with Crippen LogP contribution >= 0.6 is 23.1 Å². The molecule has 0 spiro atoms. The number of alkyl halides is 1. The zero-order chi connectivity index (χ0) is 9.68. The highest BCUT2D eigenvalue weighted by Gasteiger charge is 2.08. The standard InChI is InChI=1S/C7H10ClN3OS/c1-5(2-8)3-9-7(12)6-4-10-11-13-6/h4-5H,2-3H2,1H3,(H,9,12). The lowest BCUT2D eigenvalue weighted by Gasteiger charge is -2.07. The number of carbonyl (C=O) groups is 1. The van der Waals surface area contributed by atoms with Gasteiger partial charge in [0.25, 0.3) is 5.91 Å². The number of rotatable bonds is 4. The lowest BCUT2D eigenvalue weighted by atomic mass is 10.2. The summed E-state index contributed by atoms with van der Waals surface area (Å²) in [4.78, 5) is 11.8. The van der Waals surface area contributed by atoms with Gasteiger partial charge in [-0.3, -0.25) is 4.79 Å². The third-order valence-corrected chi connectivity index (χ3v) is 2.65. The molecule has 0 fully saturated rings. The summed E-state index contributed by atoms with van der Waals surface area (Å²) in [6.45, 7) is 2.55. The second kappa shape index (κ2) is 5.14. The maximum Gasteiger partial charge on any atom is 0.264 e. The Balaban J connectivity index is 2.35. The summed E-state index contributed by atoms with van der Waals surface area (Å²) in [5.41, 5.74) is 0. The molecule has 0 saturated heterocycles. The molecule has 0 aliphatic carbocycles. The Bertz CT molecular complexity index is 265. The van der Waals surface area contributed by atoms with Crippen LogP contribution in [0, 0.1) is 5.92 Å². The number of hydrogen-bond donors (Lipinski definition) is 1. The van der Waals surface area contributed by atoms with E-state index in [1.54, 1.807) is 0 Å². The van der Waals surface area contributed by atoms with Crippen LogP contribution in [0.2, 0.25) is 0 Å². The molecule has 1 N–H and O–H groups in total. The van der Waals surface area contributed by atoms with E-state index in [1.807, 2.05) is 6.92 Å². The summed E-state index contributed by atoms with van der Waals surface area (Å²) in [6.07, 6.45) is 1.45. The van der Waals surface area contributed by atoms with E-state index in [0.717, 1.165) is 11.5 Å². The Labute approximate surface area is 85.5 Å². The highest BCUT2D eigenvalue weighted by molar-refractivity contribution is 7.07. The Hall–Kier alpha value is -0.680. The fourth-order valence-electron chi connectivity index (χ4n) is 0.676. The third-order valence-electron chi connectivity index (χ3n) is 1.46. The van der Waals surface area contributed by atoms with Crippen LogP contribution in [0.5, 0.6) is 0 Å². The predicted molar refractivity (Wildman–Crippen MR) is 52.1 cm³/mol. The molecule has 4 nitrogen and oxygen atoms in total. The predicted octanol–water partition coefficient (Wildman–Crippen LogP) is 1.14. The lowest BCUT2D eigenvalue weighted by molar-refractivity contribution is 0.0953. The minimum atomic E-state index is -0.132. The van der Waals surface area contributed by atoms with Gasteiger partial charge in [0.2, 0.25) is 0 Å². The van der Waals surface area contributed by atoms with E-state index in [9.17, 15) is 4.79 Å². The maximum absolute atomic E-state index is 11.3. The zero-order valence-electron chi connectivity index (χ0n) is 7.16. The van der Waals surface area contributed by atoms with Crippen molar-refractivity contribution >= 4 is 29.0 Å². The molecule has 0 aliphatic rings. The van der Waals surface area contributed by atoms with Crippen molar-refractivity contribution < 1.29 is 4.79 Å². The number of halogens is 1. The van der Waals surface area contributed by atoms with Crippen LogP contribution in [-0.2, 0) is 0 Å². The monoisotopic (exact) mass is 219 g/mol. The van der Waals surface area contributed by atoms with E-state index < -0.39 is 0 Å². The van der Waals surface area contributed by atoms with Crippen LogP contribution in [0.15, 0.2) is 6.20 Å². The van der Waals surface area contributed by atoms with Crippen molar-refractivity contribution in [2.45, 2.75) is 6.92 Å². The zero-order valence-corrected chi connectivity index (χ0v) is 8.73.